The Morgan fingerprint density at radius 1 is 1.04 bits per heavy atom. The molecular weight excluding hydrogens is 410 g/mol. The van der Waals surface area contributed by atoms with Crippen molar-refractivity contribution in [3.8, 4) is 0 Å². The van der Waals surface area contributed by atoms with Gasteiger partial charge in [-0.1, -0.05) is 23.7 Å². The van der Waals surface area contributed by atoms with Crippen LogP contribution in [0.15, 0.2) is 53.4 Å². The highest BCUT2D eigenvalue weighted by Crippen LogP contribution is 2.21. The molecule has 2 aromatic rings. The maximum atomic E-state index is 13.9. The van der Waals surface area contributed by atoms with Gasteiger partial charge in [0.1, 0.15) is 16.5 Å². The molecule has 1 aliphatic rings. The molecule has 1 heterocycles. The number of nitrogens with zero attached hydrogens (tertiary/aromatic N) is 2. The van der Waals surface area contributed by atoms with Crippen LogP contribution in [0.5, 0.6) is 0 Å². The Kier molecular flexibility index (Phi) is 6.12. The molecule has 1 aliphatic heterocycles. The first kappa shape index (κ1) is 20.4. The van der Waals surface area contributed by atoms with E-state index in [1.54, 1.807) is 30.3 Å². The largest absolute Gasteiger partial charge is 0.337 e. The van der Waals surface area contributed by atoms with Crippen LogP contribution in [0.4, 0.5) is 8.78 Å². The molecular formula is C19H17ClF2N2O3S. The van der Waals surface area contributed by atoms with Gasteiger partial charge in [-0.05, 0) is 35.9 Å². The van der Waals surface area contributed by atoms with E-state index in [0.29, 0.717) is 11.1 Å². The molecule has 5 nitrogen and oxygen atoms in total. The summed E-state index contributed by atoms with van der Waals surface area (Å²) in [7, 11) is -4.10. The Bertz CT molecular complexity index is 1020. The minimum Gasteiger partial charge on any atom is -0.337 e. The summed E-state index contributed by atoms with van der Waals surface area (Å²) >= 11 is 5.90. The van der Waals surface area contributed by atoms with Crippen LogP contribution < -0.4 is 0 Å². The van der Waals surface area contributed by atoms with Crippen molar-refractivity contribution in [1.29, 1.82) is 0 Å². The molecule has 3 rings (SSSR count). The van der Waals surface area contributed by atoms with Gasteiger partial charge in [-0.3, -0.25) is 4.79 Å². The van der Waals surface area contributed by atoms with Crippen molar-refractivity contribution in [2.75, 3.05) is 26.2 Å². The molecule has 1 saturated heterocycles. The first-order chi connectivity index (χ1) is 13.3. The third-order valence-corrected chi connectivity index (χ3v) is 6.50. The highest BCUT2D eigenvalue weighted by Gasteiger charge is 2.31. The monoisotopic (exact) mass is 426 g/mol. The number of carbonyl (C=O) groups is 1. The molecule has 0 spiro atoms. The van der Waals surface area contributed by atoms with E-state index in [-0.39, 0.29) is 32.1 Å². The average molecular weight is 427 g/mol. The van der Waals surface area contributed by atoms with Crippen LogP contribution in [0.3, 0.4) is 0 Å². The SMILES string of the molecule is O=C(/C=C/c1cccc(Cl)c1)N1CCN(S(=O)(=O)c2ccc(F)cc2F)CC1. The van der Waals surface area contributed by atoms with E-state index in [2.05, 4.69) is 0 Å². The van der Waals surface area contributed by atoms with Crippen molar-refractivity contribution in [2.24, 2.45) is 0 Å². The first-order valence-corrected chi connectivity index (χ1v) is 10.3. The van der Waals surface area contributed by atoms with Crippen molar-refractivity contribution in [3.63, 3.8) is 0 Å². The zero-order valence-electron chi connectivity index (χ0n) is 14.7. The molecule has 0 bridgehead atoms. The molecule has 148 valence electrons. The zero-order chi connectivity index (χ0) is 20.3. The van der Waals surface area contributed by atoms with E-state index in [1.807, 2.05) is 0 Å². The van der Waals surface area contributed by atoms with Gasteiger partial charge in [0, 0.05) is 43.3 Å². The average Bonchev–Trinajstić information content (AvgIpc) is 2.66. The van der Waals surface area contributed by atoms with Crippen LogP contribution in [0.2, 0.25) is 5.02 Å². The predicted octanol–water partition coefficient (Wildman–Crippen LogP) is 3.16. The second-order valence-corrected chi connectivity index (χ2v) is 8.54. The fourth-order valence-corrected chi connectivity index (χ4v) is 4.52. The molecule has 0 N–H and O–H groups in total. The maximum absolute atomic E-state index is 13.9. The summed E-state index contributed by atoms with van der Waals surface area (Å²) in [6.07, 6.45) is 3.03. The molecule has 0 saturated carbocycles. The molecule has 0 aliphatic carbocycles. The van der Waals surface area contributed by atoms with Gasteiger partial charge >= 0.3 is 0 Å². The molecule has 28 heavy (non-hydrogen) atoms. The Balaban J connectivity index is 1.64. The van der Waals surface area contributed by atoms with Gasteiger partial charge in [0.05, 0.1) is 0 Å². The van der Waals surface area contributed by atoms with Crippen LogP contribution in [0, 0.1) is 11.6 Å². The minimum atomic E-state index is -4.10. The number of carbonyl (C=O) groups excluding carboxylic acids is 1. The standard InChI is InChI=1S/C19H17ClF2N2O3S/c20-15-3-1-2-14(12-15)4-7-19(25)23-8-10-24(11-9-23)28(26,27)18-6-5-16(21)13-17(18)22/h1-7,12-13H,8-11H2/b7-4+. The molecule has 9 heteroatoms. The minimum absolute atomic E-state index is 0.0237. The molecule has 2 aromatic carbocycles. The van der Waals surface area contributed by atoms with Crippen molar-refractivity contribution in [3.05, 3.63) is 70.8 Å². The van der Waals surface area contributed by atoms with Gasteiger partial charge in [-0.25, -0.2) is 17.2 Å². The number of rotatable bonds is 4. The molecule has 1 amide bonds. The van der Waals surface area contributed by atoms with Crippen molar-refractivity contribution < 1.29 is 22.0 Å². The Hall–Kier alpha value is -2.29. The summed E-state index contributed by atoms with van der Waals surface area (Å²) < 4.78 is 53.1. The third-order valence-electron chi connectivity index (χ3n) is 4.33. The zero-order valence-corrected chi connectivity index (χ0v) is 16.3. The Morgan fingerprint density at radius 2 is 1.75 bits per heavy atom. The predicted molar refractivity (Wildman–Crippen MR) is 102 cm³/mol. The van der Waals surface area contributed by atoms with Crippen LogP contribution >= 0.6 is 11.6 Å². The number of hydrogen-bond donors (Lipinski definition) is 0. The van der Waals surface area contributed by atoms with Gasteiger partial charge in [0.2, 0.25) is 15.9 Å². The van der Waals surface area contributed by atoms with E-state index in [9.17, 15) is 22.0 Å². The van der Waals surface area contributed by atoms with Crippen LogP contribution in [0.25, 0.3) is 6.08 Å². The fourth-order valence-electron chi connectivity index (χ4n) is 2.86. The molecule has 1 fully saturated rings. The van der Waals surface area contributed by atoms with E-state index in [0.717, 1.165) is 22.0 Å². The lowest BCUT2D eigenvalue weighted by Crippen LogP contribution is -2.50. The van der Waals surface area contributed by atoms with Crippen LogP contribution in [-0.4, -0.2) is 49.7 Å². The van der Waals surface area contributed by atoms with Crippen LogP contribution in [-0.2, 0) is 14.8 Å². The summed E-state index contributed by atoms with van der Waals surface area (Å²) in [5.74, 6) is -2.24. The number of sulfonamides is 1. The number of benzene rings is 2. The lowest BCUT2D eigenvalue weighted by molar-refractivity contribution is -0.127. The van der Waals surface area contributed by atoms with Crippen LogP contribution in [0.1, 0.15) is 5.56 Å². The highest BCUT2D eigenvalue weighted by molar-refractivity contribution is 7.89. The number of hydrogen-bond acceptors (Lipinski definition) is 3. The van der Waals surface area contributed by atoms with Crippen molar-refractivity contribution >= 4 is 33.6 Å². The maximum Gasteiger partial charge on any atom is 0.246 e. The van der Waals surface area contributed by atoms with E-state index < -0.39 is 26.6 Å². The van der Waals surface area contributed by atoms with Crippen molar-refractivity contribution in [2.45, 2.75) is 4.90 Å². The Labute approximate surface area is 166 Å². The van der Waals surface area contributed by atoms with E-state index in [1.165, 1.54) is 11.0 Å². The van der Waals surface area contributed by atoms with Gasteiger partial charge in [-0.15, -0.1) is 0 Å². The smallest absolute Gasteiger partial charge is 0.246 e. The van der Waals surface area contributed by atoms with Gasteiger partial charge < -0.3 is 4.90 Å². The normalized spacial score (nSPS) is 15.9. The van der Waals surface area contributed by atoms with Gasteiger partial charge in [0.15, 0.2) is 0 Å². The van der Waals surface area contributed by atoms with Crippen molar-refractivity contribution in [1.82, 2.24) is 9.21 Å². The highest BCUT2D eigenvalue weighted by atomic mass is 35.5. The van der Waals surface area contributed by atoms with Gasteiger partial charge in [-0.2, -0.15) is 4.31 Å². The summed E-state index contributed by atoms with van der Waals surface area (Å²) in [5.41, 5.74) is 0.772. The molecule has 0 unspecified atom stereocenters. The lowest BCUT2D eigenvalue weighted by atomic mass is 10.2. The third kappa shape index (κ3) is 4.57. The van der Waals surface area contributed by atoms with E-state index in [4.69, 9.17) is 11.6 Å². The number of amides is 1. The molecule has 0 atom stereocenters. The quantitative estimate of drug-likeness (QED) is 0.706. The second-order valence-electron chi connectivity index (χ2n) is 6.19. The second kappa shape index (κ2) is 8.38. The Morgan fingerprint density at radius 3 is 2.39 bits per heavy atom. The summed E-state index contributed by atoms with van der Waals surface area (Å²) in [4.78, 5) is 13.2. The summed E-state index contributed by atoms with van der Waals surface area (Å²) in [6.45, 7) is 0.382. The summed E-state index contributed by atoms with van der Waals surface area (Å²) in [6, 6.07) is 9.36. The summed E-state index contributed by atoms with van der Waals surface area (Å²) in [5, 5.41) is 0.557. The number of halogens is 3. The number of piperazine rings is 1. The fraction of sp³-hybridized carbons (Fsp3) is 0.211. The first-order valence-electron chi connectivity index (χ1n) is 8.45. The van der Waals surface area contributed by atoms with E-state index >= 15 is 0 Å². The lowest BCUT2D eigenvalue weighted by Gasteiger charge is -2.33. The molecule has 0 aromatic heterocycles. The molecule has 0 radical (unpaired) electrons. The van der Waals surface area contributed by atoms with Gasteiger partial charge in [0.25, 0.3) is 0 Å². The topological polar surface area (TPSA) is 57.7 Å².